The summed E-state index contributed by atoms with van der Waals surface area (Å²) in [5.74, 6) is 0.143. The topological polar surface area (TPSA) is 139 Å². The largest absolute Gasteiger partial charge is 0.389 e. The number of anilines is 1. The van der Waals surface area contributed by atoms with Crippen LogP contribution in [-0.2, 0) is 4.79 Å². The molecular formula is C24H23BrN6O3. The zero-order chi connectivity index (χ0) is 23.8. The van der Waals surface area contributed by atoms with E-state index in [1.165, 1.54) is 6.33 Å². The van der Waals surface area contributed by atoms with Crippen molar-refractivity contribution in [2.24, 2.45) is 5.41 Å². The number of hydrogen-bond donors (Lipinski definition) is 4. The number of nitrogen functional groups attached to an aromatic ring is 1. The number of aromatic nitrogens is 4. The lowest BCUT2D eigenvalue weighted by Gasteiger charge is -2.24. The maximum atomic E-state index is 13.3. The summed E-state index contributed by atoms with van der Waals surface area (Å²) in [6, 6.07) is 8.82. The van der Waals surface area contributed by atoms with Crippen molar-refractivity contribution >= 4 is 49.6 Å². The second-order valence-electron chi connectivity index (χ2n) is 9.32. The summed E-state index contributed by atoms with van der Waals surface area (Å²) < 4.78 is 2.58. The van der Waals surface area contributed by atoms with E-state index in [2.05, 4.69) is 36.2 Å². The predicted molar refractivity (Wildman–Crippen MR) is 130 cm³/mol. The molecule has 1 amide bonds. The standard InChI is InChI=1S/C24H23BrN6O3/c1-11-14-4-5-31(22(14)28-10-27-11)18-9-24(20(33)19(18)32)8-17(30-23(24)34)13-3-2-12-6-15(25)21(26)29-16(12)7-13/h2-7,10,17-20,32-33H,8-9H2,1H3,(H2,26,29)(H,30,34). The van der Waals surface area contributed by atoms with Gasteiger partial charge in [0.05, 0.1) is 39.3 Å². The van der Waals surface area contributed by atoms with Crippen LogP contribution in [0.15, 0.2) is 47.3 Å². The Labute approximate surface area is 203 Å². The Hall–Kier alpha value is -3.08. The highest BCUT2D eigenvalue weighted by Crippen LogP contribution is 2.53. The summed E-state index contributed by atoms with van der Waals surface area (Å²) >= 11 is 3.40. The van der Waals surface area contributed by atoms with Crippen LogP contribution in [-0.4, -0.2) is 47.8 Å². The number of carbonyl (C=O) groups is 1. The van der Waals surface area contributed by atoms with E-state index in [1.54, 1.807) is 0 Å². The van der Waals surface area contributed by atoms with Crippen molar-refractivity contribution in [2.75, 3.05) is 5.73 Å². The third-order valence-electron chi connectivity index (χ3n) is 7.47. The van der Waals surface area contributed by atoms with Gasteiger partial charge < -0.3 is 25.8 Å². The van der Waals surface area contributed by atoms with E-state index < -0.39 is 23.7 Å². The average Bonchev–Trinajstić information content (AvgIpc) is 3.46. The van der Waals surface area contributed by atoms with Crippen LogP contribution in [0.1, 0.15) is 36.2 Å². The molecule has 2 fully saturated rings. The fourth-order valence-electron chi connectivity index (χ4n) is 5.61. The van der Waals surface area contributed by atoms with Crippen LogP contribution in [0.5, 0.6) is 0 Å². The Morgan fingerprint density at radius 1 is 1.21 bits per heavy atom. The number of rotatable bonds is 2. The van der Waals surface area contributed by atoms with Gasteiger partial charge >= 0.3 is 0 Å². The van der Waals surface area contributed by atoms with Crippen molar-refractivity contribution in [3.8, 4) is 0 Å². The zero-order valence-corrected chi connectivity index (χ0v) is 19.9. The van der Waals surface area contributed by atoms with Gasteiger partial charge in [-0.15, -0.1) is 0 Å². The molecule has 34 heavy (non-hydrogen) atoms. The third kappa shape index (κ3) is 2.98. The van der Waals surface area contributed by atoms with Crippen LogP contribution in [0, 0.1) is 12.3 Å². The summed E-state index contributed by atoms with van der Waals surface area (Å²) in [5.41, 5.74) is 7.97. The van der Waals surface area contributed by atoms with Gasteiger partial charge in [0.25, 0.3) is 0 Å². The minimum atomic E-state index is -1.20. The van der Waals surface area contributed by atoms with E-state index >= 15 is 0 Å². The van der Waals surface area contributed by atoms with Gasteiger partial charge in [-0.1, -0.05) is 12.1 Å². The van der Waals surface area contributed by atoms with Crippen LogP contribution >= 0.6 is 15.9 Å². The van der Waals surface area contributed by atoms with Gasteiger partial charge in [0, 0.05) is 17.0 Å². The number of nitrogens with zero attached hydrogens (tertiary/aromatic N) is 4. The third-order valence-corrected chi connectivity index (χ3v) is 8.11. The molecule has 9 nitrogen and oxygen atoms in total. The molecule has 1 aliphatic carbocycles. The highest BCUT2D eigenvalue weighted by atomic mass is 79.9. The molecule has 1 saturated heterocycles. The summed E-state index contributed by atoms with van der Waals surface area (Å²) in [6.07, 6.45) is 1.69. The van der Waals surface area contributed by atoms with Gasteiger partial charge in [-0.25, -0.2) is 15.0 Å². The average molecular weight is 523 g/mol. The van der Waals surface area contributed by atoms with Gasteiger partial charge in [-0.2, -0.15) is 0 Å². The number of carbonyl (C=O) groups excluding carboxylic acids is 1. The second kappa shape index (κ2) is 7.46. The predicted octanol–water partition coefficient (Wildman–Crippen LogP) is 2.55. The van der Waals surface area contributed by atoms with Crippen LogP contribution in [0.4, 0.5) is 5.82 Å². The Bertz CT molecular complexity index is 1470. The number of hydrogen-bond acceptors (Lipinski definition) is 7. The summed E-state index contributed by atoms with van der Waals surface area (Å²) in [5, 5.41) is 27.0. The van der Waals surface area contributed by atoms with Gasteiger partial charge in [0.2, 0.25) is 5.91 Å². The van der Waals surface area contributed by atoms with Crippen molar-refractivity contribution in [1.29, 1.82) is 0 Å². The van der Waals surface area contributed by atoms with Crippen LogP contribution in [0.2, 0.25) is 0 Å². The molecule has 2 aliphatic rings. The van der Waals surface area contributed by atoms with E-state index in [4.69, 9.17) is 5.73 Å². The second-order valence-corrected chi connectivity index (χ2v) is 10.2. The molecule has 3 aromatic heterocycles. The van der Waals surface area contributed by atoms with Crippen molar-refractivity contribution < 1.29 is 15.0 Å². The molecular weight excluding hydrogens is 500 g/mol. The van der Waals surface area contributed by atoms with Gasteiger partial charge in [-0.05, 0) is 59.5 Å². The van der Waals surface area contributed by atoms with Gasteiger partial charge in [-0.3, -0.25) is 4.79 Å². The van der Waals surface area contributed by atoms with Crippen molar-refractivity contribution in [3.63, 3.8) is 0 Å². The quantitative estimate of drug-likeness (QED) is 0.317. The number of nitrogens with two attached hydrogens (primary N) is 1. The summed E-state index contributed by atoms with van der Waals surface area (Å²) in [6.45, 7) is 1.90. The molecule has 0 radical (unpaired) electrons. The molecule has 4 aromatic rings. The van der Waals surface area contributed by atoms with Gasteiger partial charge in [0.15, 0.2) is 0 Å². The maximum absolute atomic E-state index is 13.3. The SMILES string of the molecule is Cc1ncnc2c1ccn2C1CC2(CC(c3ccc4cc(Br)c(N)nc4c3)NC2=O)C(O)C1O. The first-order chi connectivity index (χ1) is 16.3. The van der Waals surface area contributed by atoms with E-state index in [0.29, 0.717) is 24.3 Å². The summed E-state index contributed by atoms with van der Waals surface area (Å²) in [7, 11) is 0. The van der Waals surface area contributed by atoms with Crippen molar-refractivity contribution in [1.82, 2.24) is 24.8 Å². The molecule has 5 atom stereocenters. The zero-order valence-electron chi connectivity index (χ0n) is 18.3. The fraction of sp³-hybridized carbons (Fsp3) is 0.333. The first-order valence-corrected chi connectivity index (χ1v) is 11.9. The number of nitrogens with one attached hydrogen (secondary N) is 1. The molecule has 5 N–H and O–H groups in total. The minimum absolute atomic E-state index is 0.253. The first-order valence-electron chi connectivity index (χ1n) is 11.1. The Morgan fingerprint density at radius 3 is 2.85 bits per heavy atom. The van der Waals surface area contributed by atoms with Crippen LogP contribution < -0.4 is 11.1 Å². The van der Waals surface area contributed by atoms with E-state index in [-0.39, 0.29) is 11.9 Å². The normalized spacial score (nSPS) is 28.9. The molecule has 6 rings (SSSR count). The molecule has 1 aromatic carbocycles. The summed E-state index contributed by atoms with van der Waals surface area (Å²) in [4.78, 5) is 26.3. The number of aliphatic hydroxyl groups is 2. The lowest BCUT2D eigenvalue weighted by molar-refractivity contribution is -0.134. The van der Waals surface area contributed by atoms with E-state index in [0.717, 1.165) is 32.0 Å². The molecule has 1 aliphatic heterocycles. The molecule has 0 bridgehead atoms. The number of aliphatic hydroxyl groups excluding tert-OH is 2. The number of aryl methyl sites for hydroxylation is 1. The minimum Gasteiger partial charge on any atom is -0.389 e. The number of fused-ring (bicyclic) bond motifs is 2. The van der Waals surface area contributed by atoms with Crippen molar-refractivity contribution in [2.45, 2.75) is 44.1 Å². The first kappa shape index (κ1) is 21.5. The van der Waals surface area contributed by atoms with E-state index in [9.17, 15) is 15.0 Å². The highest BCUT2D eigenvalue weighted by molar-refractivity contribution is 9.10. The lowest BCUT2D eigenvalue weighted by Crippen LogP contribution is -2.41. The Kier molecular flexibility index (Phi) is 4.71. The van der Waals surface area contributed by atoms with Crippen molar-refractivity contribution in [3.05, 3.63) is 58.6 Å². The maximum Gasteiger partial charge on any atom is 0.229 e. The molecule has 10 heteroatoms. The van der Waals surface area contributed by atoms with Crippen LogP contribution in [0.25, 0.3) is 21.9 Å². The highest BCUT2D eigenvalue weighted by Gasteiger charge is 2.61. The number of amides is 1. The Balaban J connectivity index is 1.34. The smallest absolute Gasteiger partial charge is 0.229 e. The monoisotopic (exact) mass is 522 g/mol. The number of benzene rings is 1. The molecule has 4 heterocycles. The van der Waals surface area contributed by atoms with Gasteiger partial charge in [0.1, 0.15) is 23.9 Å². The molecule has 5 unspecified atom stereocenters. The lowest BCUT2D eigenvalue weighted by atomic mass is 9.79. The molecule has 174 valence electrons. The number of pyridine rings is 1. The molecule has 1 spiro atoms. The number of halogens is 1. The molecule has 1 saturated carbocycles. The van der Waals surface area contributed by atoms with E-state index in [1.807, 2.05) is 48.0 Å². The van der Waals surface area contributed by atoms with Crippen LogP contribution in [0.3, 0.4) is 0 Å². The fourth-order valence-corrected chi connectivity index (χ4v) is 5.95. The Morgan fingerprint density at radius 2 is 2.03 bits per heavy atom.